The topological polar surface area (TPSA) is 367 Å². The number of carbonyl (C=O) groups excluding carboxylic acids is 6. The van der Waals surface area contributed by atoms with Crippen molar-refractivity contribution in [2.45, 2.75) is 191 Å². The largest absolute Gasteiger partial charge is 0.477 e. The Balaban J connectivity index is 0.0000162. The third-order valence-electron chi connectivity index (χ3n) is 16.5. The normalized spacial score (nSPS) is 26.7. The number of carboxylic acid groups (broad SMARTS) is 1. The van der Waals surface area contributed by atoms with Gasteiger partial charge in [-0.25, -0.2) is 9.78 Å². The Morgan fingerprint density at radius 2 is 1.60 bits per heavy atom. The molecule has 18 unspecified atom stereocenters. The van der Waals surface area contributed by atoms with Crippen LogP contribution in [-0.4, -0.2) is 237 Å². The van der Waals surface area contributed by atoms with Gasteiger partial charge in [-0.1, -0.05) is 90.4 Å². The van der Waals surface area contributed by atoms with E-state index in [0.717, 1.165) is 28.6 Å². The van der Waals surface area contributed by atoms with E-state index in [1.165, 1.54) is 37.5 Å². The summed E-state index contributed by atoms with van der Waals surface area (Å²) < 4.78 is 28.5. The summed E-state index contributed by atoms with van der Waals surface area (Å²) in [5.41, 5.74) is 1.04. The smallest absolute Gasteiger partial charge is 0.364 e. The minimum atomic E-state index is -2.70. The van der Waals surface area contributed by atoms with Gasteiger partial charge >= 0.3 is 5.97 Å². The molecule has 1 aromatic heterocycles. The zero-order valence-corrected chi connectivity index (χ0v) is 55.3. The van der Waals surface area contributed by atoms with Crippen molar-refractivity contribution in [2.24, 2.45) is 28.8 Å². The number of oxime groups is 1. The number of hydrogen-bond donors (Lipinski definition) is 9. The Morgan fingerprint density at radius 3 is 2.17 bits per heavy atom. The van der Waals surface area contributed by atoms with Gasteiger partial charge in [0.15, 0.2) is 12.9 Å². The molecule has 3 saturated heterocycles. The zero-order chi connectivity index (χ0) is 63.9. The molecule has 18 atom stereocenters. The van der Waals surface area contributed by atoms with Crippen LogP contribution in [0, 0.1) is 23.7 Å². The summed E-state index contributed by atoms with van der Waals surface area (Å²) in [6.07, 6.45) is -9.85. The van der Waals surface area contributed by atoms with Crippen molar-refractivity contribution in [3.05, 3.63) is 52.5 Å². The Bertz CT molecular complexity index is 2580. The third-order valence-corrected chi connectivity index (χ3v) is 17.3. The second kappa shape index (κ2) is 34.5. The number of likely N-dealkylation sites (tertiary alicyclic amines) is 1. The van der Waals surface area contributed by atoms with E-state index in [0.29, 0.717) is 32.2 Å². The molecule has 3 fully saturated rings. The van der Waals surface area contributed by atoms with Gasteiger partial charge < -0.3 is 89.8 Å². The number of thiazole rings is 1. The fourth-order valence-electron chi connectivity index (χ4n) is 11.5. The van der Waals surface area contributed by atoms with Gasteiger partial charge in [-0.3, -0.25) is 28.8 Å². The fraction of sp³-hybridized carbons (Fsp3) is 0.707. The van der Waals surface area contributed by atoms with Crippen LogP contribution < -0.4 is 16.0 Å². The maximum atomic E-state index is 14.8. The van der Waals surface area contributed by atoms with E-state index in [4.69, 9.17) is 28.5 Å². The van der Waals surface area contributed by atoms with E-state index in [-0.39, 0.29) is 62.9 Å². The molecular weight excluding hydrogens is 1230 g/mol. The molecule has 29 heteroatoms. The average molecular weight is 1320 g/mol. The molecule has 1 aromatic carbocycles. The summed E-state index contributed by atoms with van der Waals surface area (Å²) in [7, 11) is 5.99. The van der Waals surface area contributed by atoms with E-state index in [2.05, 4.69) is 26.1 Å². The number of benzene rings is 1. The molecule has 0 spiro atoms. The average Bonchev–Trinajstić information content (AvgIpc) is 1.52. The molecule has 0 bridgehead atoms. The van der Waals surface area contributed by atoms with Crippen molar-refractivity contribution in [1.29, 1.82) is 0 Å². The zero-order valence-electron chi connectivity index (χ0n) is 51.7. The van der Waals surface area contributed by atoms with Crippen LogP contribution in [-0.2, 0) is 101 Å². The molecule has 87 heavy (non-hydrogen) atoms. The number of aromatic nitrogens is 1. The first-order valence-corrected chi connectivity index (χ1v) is 30.0. The number of carboxylic acids is 1. The number of aliphatic carboxylic acids is 1. The van der Waals surface area contributed by atoms with Gasteiger partial charge in [0.05, 0.1) is 67.6 Å². The minimum absolute atomic E-state index is 0. The van der Waals surface area contributed by atoms with Crippen LogP contribution >= 0.6 is 11.3 Å². The maximum Gasteiger partial charge on any atom is 0.364 e. The number of ether oxygens (including phenoxy) is 5. The second-order valence-electron chi connectivity index (χ2n) is 23.1. The van der Waals surface area contributed by atoms with Gasteiger partial charge in [0.2, 0.25) is 29.5 Å². The van der Waals surface area contributed by atoms with Gasteiger partial charge in [-0.05, 0) is 42.6 Å². The molecule has 3 aliphatic heterocycles. The number of amides is 6. The van der Waals surface area contributed by atoms with Crippen LogP contribution in [0.3, 0.4) is 0 Å². The Kier molecular flexibility index (Phi) is 29.6. The second-order valence-corrected chi connectivity index (χ2v) is 24.1. The summed E-state index contributed by atoms with van der Waals surface area (Å²) in [6, 6.07) is 4.72. The SMILES string of the molecule is CCC(C)C(C(CC(=O)N1CCCC1C(OC)C(C)C(=O)NC(Cc1ccccc1)c1nccs1)OC)N(C)C(=O)C(NC(=O)C(C(C)C)N(C)C(=O)CO/N=C/C1OC(OCC2OC(O)C(O)C(O)C2O)(C(=O)O)CC(O)C1NC(C)=O)C(C)C.[Y]. The van der Waals surface area contributed by atoms with Crippen molar-refractivity contribution in [3.8, 4) is 0 Å². The Labute approximate surface area is 537 Å². The molecule has 4 heterocycles. The molecule has 0 saturated carbocycles. The molecule has 5 rings (SSSR count). The quantitative estimate of drug-likeness (QED) is 0.0376. The maximum absolute atomic E-state index is 14.8. The summed E-state index contributed by atoms with van der Waals surface area (Å²) >= 11 is 1.46. The number of carbonyl (C=O) groups is 7. The van der Waals surface area contributed by atoms with Gasteiger partial charge in [-0.2, -0.15) is 0 Å². The van der Waals surface area contributed by atoms with Crippen LogP contribution in [0.2, 0.25) is 0 Å². The number of nitrogens with zero attached hydrogens (tertiary/aromatic N) is 5. The number of likely N-dealkylation sites (N-methyl/N-ethyl adjacent to an activating group) is 2. The number of aliphatic hydroxyl groups is 5. The van der Waals surface area contributed by atoms with E-state index < -0.39 is 158 Å². The van der Waals surface area contributed by atoms with Gasteiger partial charge in [-0.15, -0.1) is 11.3 Å². The molecule has 9 N–H and O–H groups in total. The first kappa shape index (κ1) is 74.8. The van der Waals surface area contributed by atoms with E-state index in [9.17, 15) is 64.2 Å². The van der Waals surface area contributed by atoms with Crippen LogP contribution in [0.15, 0.2) is 47.1 Å². The van der Waals surface area contributed by atoms with Crippen LogP contribution in [0.4, 0.5) is 0 Å². The van der Waals surface area contributed by atoms with Crippen molar-refractivity contribution < 1.29 is 125 Å². The summed E-state index contributed by atoms with van der Waals surface area (Å²) in [5, 5.41) is 76.7. The Hall–Kier alpha value is -4.69. The van der Waals surface area contributed by atoms with Crippen LogP contribution in [0.1, 0.15) is 104 Å². The van der Waals surface area contributed by atoms with Gasteiger partial charge in [0.1, 0.15) is 47.6 Å². The van der Waals surface area contributed by atoms with Crippen molar-refractivity contribution in [1.82, 2.24) is 35.6 Å². The molecule has 27 nitrogen and oxygen atoms in total. The number of hydrogen-bond acceptors (Lipinski definition) is 21. The predicted octanol–water partition coefficient (Wildman–Crippen LogP) is 0.339. The predicted molar refractivity (Wildman–Crippen MR) is 310 cm³/mol. The molecule has 485 valence electrons. The summed E-state index contributed by atoms with van der Waals surface area (Å²) in [6.45, 7) is 12.5. The standard InChI is InChI=1S/C58H90N8O19S.Y/c1-13-32(6)47(39(80-11)25-42(69)66-22-17-20-37(66)51(81-12)33(7)52(74)62-36(54-59-21-23-86-54)24-35-18-15-14-16-19-35)65(10)55(76)44(30(2)3)63-53(75)46(31(4)5)64(9)43(70)29-83-60-27-40-45(61-34(8)67)38(68)26-58(85-40,57(78)79)82-28-41-48(71)49(72)50(73)56(77)84-41;/h14-16,18-19,21,23,27,30-33,36-41,44-51,56,68,71-73,77H,13,17,20,22,24-26,28-29H2,1-12H3,(H,61,67)(H,62,74)(H,63,75)(H,78,79);/b60-27+;. The van der Waals surface area contributed by atoms with Gasteiger partial charge in [0, 0.05) is 92.5 Å². The number of aliphatic hydroxyl groups excluding tert-OH is 5. The Morgan fingerprint density at radius 1 is 0.920 bits per heavy atom. The summed E-state index contributed by atoms with van der Waals surface area (Å²) in [4.78, 5) is 111. The van der Waals surface area contributed by atoms with Crippen molar-refractivity contribution in [3.63, 3.8) is 0 Å². The monoisotopic (exact) mass is 1320 g/mol. The molecule has 1 radical (unpaired) electrons. The van der Waals surface area contributed by atoms with Crippen LogP contribution in [0.25, 0.3) is 0 Å². The molecule has 6 amide bonds. The first-order valence-electron chi connectivity index (χ1n) is 29.1. The third kappa shape index (κ3) is 19.2. The number of rotatable bonds is 30. The fourth-order valence-corrected chi connectivity index (χ4v) is 12.2. The number of nitrogens with one attached hydrogen (secondary N) is 3. The molecule has 3 aliphatic rings. The van der Waals surface area contributed by atoms with Crippen molar-refractivity contribution in [2.75, 3.05) is 48.1 Å². The summed E-state index contributed by atoms with van der Waals surface area (Å²) in [5.74, 6) is -9.35. The molecule has 2 aromatic rings. The first-order chi connectivity index (χ1) is 40.6. The minimum Gasteiger partial charge on any atom is -0.477 e. The van der Waals surface area contributed by atoms with E-state index >= 15 is 0 Å². The van der Waals surface area contributed by atoms with E-state index in [1.54, 1.807) is 52.8 Å². The van der Waals surface area contributed by atoms with Gasteiger partial charge in [0.25, 0.3) is 11.7 Å². The van der Waals surface area contributed by atoms with Crippen LogP contribution in [0.5, 0.6) is 0 Å². The van der Waals surface area contributed by atoms with Crippen molar-refractivity contribution >= 4 is 59.0 Å². The van der Waals surface area contributed by atoms with E-state index in [1.807, 2.05) is 49.6 Å². The molecular formula is C58H90N8O19SY. The number of methoxy groups -OCH3 is 2. The molecule has 0 aliphatic carbocycles.